The maximum absolute atomic E-state index is 11.0. The zero-order chi connectivity index (χ0) is 14.7. The predicted molar refractivity (Wildman–Crippen MR) is 77.4 cm³/mol. The number of nitro benzene ring substituents is 1. The maximum atomic E-state index is 11.0. The molecule has 0 amide bonds. The van der Waals surface area contributed by atoms with E-state index >= 15 is 0 Å². The largest absolute Gasteiger partial charge is 0.456 e. The topological polar surface area (TPSA) is 69.4 Å². The number of nitro groups is 1. The van der Waals surface area contributed by atoms with Crippen LogP contribution in [0.1, 0.15) is 15.9 Å². The van der Waals surface area contributed by atoms with Gasteiger partial charge in [-0.25, -0.2) is 0 Å². The van der Waals surface area contributed by atoms with Crippen LogP contribution in [0, 0.1) is 17.0 Å². The number of hydrogen-bond acceptors (Lipinski definition) is 4. The van der Waals surface area contributed by atoms with E-state index in [1.54, 1.807) is 6.07 Å². The van der Waals surface area contributed by atoms with E-state index in [9.17, 15) is 14.9 Å². The second-order valence-corrected chi connectivity index (χ2v) is 5.02. The first-order valence-corrected chi connectivity index (χ1v) is 6.48. The summed E-state index contributed by atoms with van der Waals surface area (Å²) in [4.78, 5) is 21.1. The van der Waals surface area contributed by atoms with Gasteiger partial charge in [-0.2, -0.15) is 0 Å². The van der Waals surface area contributed by atoms with Gasteiger partial charge >= 0.3 is 0 Å². The summed E-state index contributed by atoms with van der Waals surface area (Å²) in [5, 5.41) is 10.7. The van der Waals surface area contributed by atoms with Crippen molar-refractivity contribution >= 4 is 27.9 Å². The van der Waals surface area contributed by atoms with Crippen LogP contribution in [0.5, 0.6) is 11.5 Å². The van der Waals surface area contributed by atoms with Gasteiger partial charge in [0.15, 0.2) is 6.29 Å². The van der Waals surface area contributed by atoms with Crippen molar-refractivity contribution in [1.29, 1.82) is 0 Å². The summed E-state index contributed by atoms with van der Waals surface area (Å²) in [7, 11) is 0. The van der Waals surface area contributed by atoms with E-state index in [-0.39, 0.29) is 17.0 Å². The third-order valence-electron chi connectivity index (χ3n) is 2.69. The van der Waals surface area contributed by atoms with E-state index in [2.05, 4.69) is 15.9 Å². The summed E-state index contributed by atoms with van der Waals surface area (Å²) in [5.74, 6) is 0.876. The summed E-state index contributed by atoms with van der Waals surface area (Å²) in [6.07, 6.45) is 0.538. The third kappa shape index (κ3) is 3.03. The van der Waals surface area contributed by atoms with Gasteiger partial charge in [-0.3, -0.25) is 14.9 Å². The van der Waals surface area contributed by atoms with Gasteiger partial charge in [-0.05, 0) is 36.8 Å². The number of aryl methyl sites for hydroxylation is 1. The molecule has 0 radical (unpaired) electrons. The molecule has 0 aliphatic carbocycles. The summed E-state index contributed by atoms with van der Waals surface area (Å²) >= 11 is 3.35. The number of carbonyl (C=O) groups excluding carboxylic acids is 1. The van der Waals surface area contributed by atoms with Crippen LogP contribution < -0.4 is 4.74 Å². The zero-order valence-corrected chi connectivity index (χ0v) is 12.1. The van der Waals surface area contributed by atoms with Gasteiger partial charge in [0.2, 0.25) is 0 Å². The first kappa shape index (κ1) is 14.2. The molecule has 6 heteroatoms. The molecule has 2 aromatic carbocycles. The van der Waals surface area contributed by atoms with Gasteiger partial charge in [0.05, 0.1) is 10.5 Å². The highest BCUT2D eigenvalue weighted by Gasteiger charge is 2.12. The smallest absolute Gasteiger partial charge is 0.270 e. The van der Waals surface area contributed by atoms with E-state index in [1.807, 2.05) is 19.1 Å². The molecule has 0 fully saturated rings. The third-order valence-corrected chi connectivity index (χ3v) is 3.18. The first-order valence-electron chi connectivity index (χ1n) is 5.69. The Morgan fingerprint density at radius 1 is 1.20 bits per heavy atom. The van der Waals surface area contributed by atoms with E-state index in [0.29, 0.717) is 12.0 Å². The Hall–Kier alpha value is -2.21. The molecule has 0 unspecified atom stereocenters. The highest BCUT2D eigenvalue weighted by molar-refractivity contribution is 9.10. The fourth-order valence-electron chi connectivity index (χ4n) is 1.68. The van der Waals surface area contributed by atoms with Crippen molar-refractivity contribution in [3.8, 4) is 11.5 Å². The molecule has 20 heavy (non-hydrogen) atoms. The fraction of sp³-hybridized carbons (Fsp3) is 0.0714. The van der Waals surface area contributed by atoms with Crippen LogP contribution in [-0.4, -0.2) is 11.2 Å². The molecule has 0 atom stereocenters. The number of hydrogen-bond donors (Lipinski definition) is 0. The molecule has 0 heterocycles. The number of aldehydes is 1. The van der Waals surface area contributed by atoms with Crippen LogP contribution in [-0.2, 0) is 0 Å². The summed E-state index contributed by atoms with van der Waals surface area (Å²) in [5.41, 5.74) is 0.878. The Bertz CT molecular complexity index is 685. The molecule has 0 N–H and O–H groups in total. The molecule has 0 bridgehead atoms. The minimum atomic E-state index is -0.554. The van der Waals surface area contributed by atoms with Crippen molar-refractivity contribution in [3.63, 3.8) is 0 Å². The van der Waals surface area contributed by atoms with Gasteiger partial charge < -0.3 is 4.74 Å². The van der Waals surface area contributed by atoms with E-state index in [0.717, 1.165) is 10.0 Å². The lowest BCUT2D eigenvalue weighted by molar-refractivity contribution is -0.384. The summed E-state index contributed by atoms with van der Waals surface area (Å²) in [6, 6.07) is 9.36. The molecule has 0 aromatic heterocycles. The number of nitrogens with zero attached hydrogens (tertiary/aromatic N) is 1. The number of non-ortho nitro benzene ring substituents is 1. The molecule has 0 aliphatic rings. The lowest BCUT2D eigenvalue weighted by Crippen LogP contribution is -1.95. The molecule has 0 saturated carbocycles. The summed E-state index contributed by atoms with van der Waals surface area (Å²) in [6.45, 7) is 1.87. The maximum Gasteiger partial charge on any atom is 0.270 e. The lowest BCUT2D eigenvalue weighted by atomic mass is 10.2. The number of benzene rings is 2. The monoisotopic (exact) mass is 335 g/mol. The van der Waals surface area contributed by atoms with Crippen LogP contribution >= 0.6 is 15.9 Å². The molecule has 0 saturated heterocycles. The molecule has 5 nitrogen and oxygen atoms in total. The van der Waals surface area contributed by atoms with Crippen LogP contribution in [0.15, 0.2) is 40.9 Å². The summed E-state index contributed by atoms with van der Waals surface area (Å²) < 4.78 is 6.56. The van der Waals surface area contributed by atoms with E-state index < -0.39 is 4.92 Å². The molecular formula is C14H10BrNO4. The molecule has 2 rings (SSSR count). The number of ether oxygens (including phenoxy) is 1. The number of halogens is 1. The molecule has 2 aromatic rings. The van der Waals surface area contributed by atoms with Gasteiger partial charge in [0.1, 0.15) is 11.5 Å². The van der Waals surface area contributed by atoms with Gasteiger partial charge in [0, 0.05) is 16.6 Å². The molecule has 102 valence electrons. The second kappa shape index (κ2) is 5.83. The predicted octanol–water partition coefficient (Wildman–Crippen LogP) is 4.27. The van der Waals surface area contributed by atoms with Gasteiger partial charge in [-0.1, -0.05) is 15.9 Å². The van der Waals surface area contributed by atoms with Crippen molar-refractivity contribution < 1.29 is 14.5 Å². The van der Waals surface area contributed by atoms with Gasteiger partial charge in [0.25, 0.3) is 5.69 Å². The average Bonchev–Trinajstić information content (AvgIpc) is 2.42. The van der Waals surface area contributed by atoms with Crippen LogP contribution in [0.25, 0.3) is 0 Å². The Balaban J connectivity index is 2.38. The standard InChI is InChI=1S/C14H10BrNO4/c1-9-6-11(15)2-4-13(9)20-14-5-3-12(16(18)19)7-10(14)8-17/h2-8H,1H3. The van der Waals surface area contributed by atoms with Gasteiger partial charge in [-0.15, -0.1) is 0 Å². The van der Waals surface area contributed by atoms with Crippen molar-refractivity contribution in [1.82, 2.24) is 0 Å². The SMILES string of the molecule is Cc1cc(Br)ccc1Oc1ccc([N+](=O)[O-])cc1C=O. The highest BCUT2D eigenvalue weighted by atomic mass is 79.9. The number of rotatable bonds is 4. The van der Waals surface area contributed by atoms with Crippen molar-refractivity contribution in [2.75, 3.05) is 0 Å². The lowest BCUT2D eigenvalue weighted by Gasteiger charge is -2.10. The quantitative estimate of drug-likeness (QED) is 0.475. The highest BCUT2D eigenvalue weighted by Crippen LogP contribution is 2.30. The number of carbonyl (C=O) groups is 1. The van der Waals surface area contributed by atoms with Crippen molar-refractivity contribution in [3.05, 3.63) is 62.1 Å². The average molecular weight is 336 g/mol. The molecule has 0 spiro atoms. The Morgan fingerprint density at radius 3 is 2.50 bits per heavy atom. The van der Waals surface area contributed by atoms with Crippen LogP contribution in [0.4, 0.5) is 5.69 Å². The van der Waals surface area contributed by atoms with Crippen molar-refractivity contribution in [2.45, 2.75) is 6.92 Å². The Morgan fingerprint density at radius 2 is 1.90 bits per heavy atom. The normalized spacial score (nSPS) is 10.1. The minimum absolute atomic E-state index is 0.140. The van der Waals surface area contributed by atoms with Crippen LogP contribution in [0.2, 0.25) is 0 Å². The Labute approximate surface area is 123 Å². The van der Waals surface area contributed by atoms with E-state index in [4.69, 9.17) is 4.74 Å². The Kier molecular flexibility index (Phi) is 4.14. The molecule has 0 aliphatic heterocycles. The van der Waals surface area contributed by atoms with E-state index in [1.165, 1.54) is 18.2 Å². The zero-order valence-electron chi connectivity index (χ0n) is 10.5. The fourth-order valence-corrected chi connectivity index (χ4v) is 2.16. The molecular weight excluding hydrogens is 326 g/mol. The minimum Gasteiger partial charge on any atom is -0.456 e. The first-order chi connectivity index (χ1) is 9.51. The second-order valence-electron chi connectivity index (χ2n) is 4.11. The van der Waals surface area contributed by atoms with Crippen LogP contribution in [0.3, 0.4) is 0 Å². The van der Waals surface area contributed by atoms with Crippen molar-refractivity contribution in [2.24, 2.45) is 0 Å².